The number of carbonyl (C=O) groups excluding carboxylic acids is 1. The molecule has 1 amide bonds. The molecule has 1 aromatic heterocycles. The fraction of sp³-hybridized carbons (Fsp3) is 0.833. The van der Waals surface area contributed by atoms with Gasteiger partial charge in [0.15, 0.2) is 0 Å². The first-order valence-electron chi connectivity index (χ1n) is 9.27. The van der Waals surface area contributed by atoms with Crippen molar-refractivity contribution < 1.29 is 18.8 Å². The van der Waals surface area contributed by atoms with E-state index in [4.69, 9.17) is 14.0 Å². The normalized spacial score (nSPS) is 31.3. The van der Waals surface area contributed by atoms with Gasteiger partial charge >= 0.3 is 6.09 Å². The first-order valence-corrected chi connectivity index (χ1v) is 9.27. The Bertz CT molecular complexity index is 711. The fourth-order valence-corrected chi connectivity index (χ4v) is 4.68. The lowest BCUT2D eigenvalue weighted by Crippen LogP contribution is -2.58. The number of aromatic nitrogens is 2. The van der Waals surface area contributed by atoms with Gasteiger partial charge in [0, 0.05) is 14.1 Å². The van der Waals surface area contributed by atoms with Gasteiger partial charge in [-0.1, -0.05) is 0 Å². The predicted octanol–water partition coefficient (Wildman–Crippen LogP) is 2.38. The van der Waals surface area contributed by atoms with E-state index in [1.165, 1.54) is 0 Å². The van der Waals surface area contributed by atoms with Crippen LogP contribution in [-0.2, 0) is 14.9 Å². The zero-order valence-electron chi connectivity index (χ0n) is 16.2. The SMILES string of the molecule is CN(C)c1noc(C23CC(CNC(=O)OC(C)(C)C)(C2)OC32CCC2)n1. The highest BCUT2D eigenvalue weighted by Crippen LogP contribution is 2.72. The number of ether oxygens (including phenoxy) is 2. The maximum Gasteiger partial charge on any atom is 0.407 e. The third kappa shape index (κ3) is 2.49. The average molecular weight is 364 g/mol. The zero-order valence-corrected chi connectivity index (χ0v) is 16.2. The van der Waals surface area contributed by atoms with Crippen LogP contribution in [-0.4, -0.2) is 53.7 Å². The molecule has 2 saturated carbocycles. The molecule has 1 spiro atoms. The second-order valence-corrected chi connectivity index (χ2v) is 9.22. The number of rotatable bonds is 4. The molecule has 26 heavy (non-hydrogen) atoms. The Hall–Kier alpha value is -1.83. The first kappa shape index (κ1) is 17.6. The summed E-state index contributed by atoms with van der Waals surface area (Å²) in [5.74, 6) is 1.26. The summed E-state index contributed by atoms with van der Waals surface area (Å²) in [5, 5.41) is 6.96. The molecule has 5 rings (SSSR count). The minimum Gasteiger partial charge on any atom is -0.444 e. The van der Waals surface area contributed by atoms with Crippen LogP contribution < -0.4 is 10.2 Å². The van der Waals surface area contributed by atoms with E-state index in [-0.39, 0.29) is 16.6 Å². The van der Waals surface area contributed by atoms with Crippen molar-refractivity contribution in [2.75, 3.05) is 25.5 Å². The number of hydrogen-bond acceptors (Lipinski definition) is 7. The molecule has 144 valence electrons. The smallest absolute Gasteiger partial charge is 0.407 e. The summed E-state index contributed by atoms with van der Waals surface area (Å²) in [4.78, 5) is 18.5. The second-order valence-electron chi connectivity index (χ2n) is 9.22. The van der Waals surface area contributed by atoms with Gasteiger partial charge in [-0.05, 0) is 58.0 Å². The van der Waals surface area contributed by atoms with Crippen molar-refractivity contribution in [2.24, 2.45) is 0 Å². The molecular formula is C18H28N4O4. The number of hydrogen-bond donors (Lipinski definition) is 1. The topological polar surface area (TPSA) is 89.7 Å². The Kier molecular flexibility index (Phi) is 3.61. The van der Waals surface area contributed by atoms with E-state index >= 15 is 0 Å². The molecule has 2 bridgehead atoms. The van der Waals surface area contributed by atoms with Crippen molar-refractivity contribution in [3.8, 4) is 0 Å². The zero-order chi connectivity index (χ0) is 18.8. The van der Waals surface area contributed by atoms with Gasteiger partial charge in [-0.2, -0.15) is 4.98 Å². The van der Waals surface area contributed by atoms with Crippen LogP contribution in [0.2, 0.25) is 0 Å². The average Bonchev–Trinajstić information content (AvgIpc) is 3.10. The van der Waals surface area contributed by atoms with Crippen LogP contribution in [0.5, 0.6) is 0 Å². The third-order valence-electron chi connectivity index (χ3n) is 5.87. The van der Waals surface area contributed by atoms with E-state index in [0.29, 0.717) is 18.4 Å². The Morgan fingerprint density at radius 3 is 2.50 bits per heavy atom. The number of anilines is 1. The van der Waals surface area contributed by atoms with Gasteiger partial charge in [-0.25, -0.2) is 4.79 Å². The molecule has 3 heterocycles. The standard InChI is InChI=1S/C18H28N4O4/c1-15(2,3)24-14(23)19-11-16-9-17(10-16,18(26-16)7-6-8-18)12-20-13(21-25-12)22(4)5/h6-11H2,1-5H3,(H,19,23). The third-order valence-corrected chi connectivity index (χ3v) is 5.87. The minimum atomic E-state index is -0.511. The molecule has 2 saturated heterocycles. The maximum atomic E-state index is 12.0. The summed E-state index contributed by atoms with van der Waals surface area (Å²) in [6.45, 7) is 6.01. The molecule has 2 aliphatic heterocycles. The van der Waals surface area contributed by atoms with E-state index in [2.05, 4.69) is 15.5 Å². The summed E-state index contributed by atoms with van der Waals surface area (Å²) in [7, 11) is 3.79. The second kappa shape index (κ2) is 5.34. The van der Waals surface area contributed by atoms with Gasteiger partial charge in [0.2, 0.25) is 5.89 Å². The maximum absolute atomic E-state index is 12.0. The van der Waals surface area contributed by atoms with Crippen LogP contribution in [0.4, 0.5) is 10.7 Å². The Labute approximate surface area is 153 Å². The molecule has 4 fully saturated rings. The number of amides is 1. The molecule has 8 nitrogen and oxygen atoms in total. The van der Waals surface area contributed by atoms with Gasteiger partial charge in [-0.15, -0.1) is 0 Å². The lowest BCUT2D eigenvalue weighted by molar-refractivity contribution is -0.108. The van der Waals surface area contributed by atoms with Gasteiger partial charge in [0.25, 0.3) is 5.95 Å². The van der Waals surface area contributed by atoms with Crippen molar-refractivity contribution in [2.45, 2.75) is 75.1 Å². The molecule has 0 radical (unpaired) electrons. The molecule has 4 aliphatic rings. The van der Waals surface area contributed by atoms with Crippen molar-refractivity contribution in [3.05, 3.63) is 5.89 Å². The van der Waals surface area contributed by atoms with Crippen LogP contribution >= 0.6 is 0 Å². The molecule has 1 aromatic rings. The molecule has 8 heteroatoms. The van der Waals surface area contributed by atoms with Crippen LogP contribution in [0.1, 0.15) is 58.8 Å². The van der Waals surface area contributed by atoms with Crippen molar-refractivity contribution >= 4 is 12.0 Å². The Morgan fingerprint density at radius 2 is 2.00 bits per heavy atom. The van der Waals surface area contributed by atoms with Gasteiger partial charge in [-0.3, -0.25) is 0 Å². The molecule has 0 atom stereocenters. The highest BCUT2D eigenvalue weighted by Gasteiger charge is 2.78. The lowest BCUT2D eigenvalue weighted by atomic mass is 9.51. The quantitative estimate of drug-likeness (QED) is 0.877. The fourth-order valence-electron chi connectivity index (χ4n) is 4.68. The largest absolute Gasteiger partial charge is 0.444 e. The minimum absolute atomic E-state index is 0.220. The highest BCUT2D eigenvalue weighted by molar-refractivity contribution is 5.68. The van der Waals surface area contributed by atoms with E-state index in [1.54, 1.807) is 0 Å². The number of alkyl carbamates (subject to hydrolysis) is 1. The highest BCUT2D eigenvalue weighted by atomic mass is 16.6. The van der Waals surface area contributed by atoms with Gasteiger partial charge in [0.05, 0.1) is 23.2 Å². The first-order chi connectivity index (χ1) is 12.1. The monoisotopic (exact) mass is 364 g/mol. The molecular weight excluding hydrogens is 336 g/mol. The van der Waals surface area contributed by atoms with Crippen LogP contribution in [0.15, 0.2) is 4.52 Å². The van der Waals surface area contributed by atoms with Crippen molar-refractivity contribution in [1.29, 1.82) is 0 Å². The Balaban J connectivity index is 1.49. The number of carbonyl (C=O) groups is 1. The lowest BCUT2D eigenvalue weighted by Gasteiger charge is -2.48. The van der Waals surface area contributed by atoms with E-state index in [0.717, 1.165) is 32.1 Å². The Morgan fingerprint density at radius 1 is 1.31 bits per heavy atom. The molecule has 0 unspecified atom stereocenters. The number of nitrogens with zero attached hydrogens (tertiary/aromatic N) is 3. The van der Waals surface area contributed by atoms with Crippen molar-refractivity contribution in [1.82, 2.24) is 15.5 Å². The van der Waals surface area contributed by atoms with E-state index in [9.17, 15) is 4.79 Å². The summed E-state index contributed by atoms with van der Waals surface area (Å²) < 4.78 is 17.5. The number of nitrogens with one attached hydrogen (secondary N) is 1. The predicted molar refractivity (Wildman–Crippen MR) is 94.2 cm³/mol. The van der Waals surface area contributed by atoms with E-state index in [1.807, 2.05) is 39.8 Å². The molecule has 2 aliphatic carbocycles. The van der Waals surface area contributed by atoms with Gasteiger partial charge < -0.3 is 24.2 Å². The van der Waals surface area contributed by atoms with Crippen LogP contribution in [0.3, 0.4) is 0 Å². The summed E-state index contributed by atoms with van der Waals surface area (Å²) in [6.07, 6.45) is 4.33. The van der Waals surface area contributed by atoms with Crippen molar-refractivity contribution in [3.63, 3.8) is 0 Å². The van der Waals surface area contributed by atoms with E-state index < -0.39 is 11.7 Å². The summed E-state index contributed by atoms with van der Waals surface area (Å²) in [5.41, 5.74) is -1.31. The van der Waals surface area contributed by atoms with Gasteiger partial charge in [0.1, 0.15) is 5.60 Å². The van der Waals surface area contributed by atoms with Crippen LogP contribution in [0, 0.1) is 0 Å². The molecule has 1 N–H and O–H groups in total. The summed E-state index contributed by atoms with van der Waals surface area (Å²) in [6, 6.07) is 0. The van der Waals surface area contributed by atoms with Crippen LogP contribution in [0.25, 0.3) is 0 Å². The summed E-state index contributed by atoms with van der Waals surface area (Å²) >= 11 is 0. The molecule has 0 aromatic carbocycles.